The maximum atomic E-state index is 14.2. The molecule has 0 aliphatic heterocycles. The van der Waals surface area contributed by atoms with Gasteiger partial charge in [-0.2, -0.15) is 0 Å². The van der Waals surface area contributed by atoms with Crippen LogP contribution in [0.5, 0.6) is 0 Å². The Kier molecular flexibility index (Phi) is 4.58. The summed E-state index contributed by atoms with van der Waals surface area (Å²) in [5, 5.41) is 3.58. The van der Waals surface area contributed by atoms with Crippen LogP contribution in [0.1, 0.15) is 56.9 Å². The topological polar surface area (TPSA) is 12.0 Å². The average Bonchev–Trinajstić information content (AvgIpc) is 3.32. The van der Waals surface area contributed by atoms with E-state index in [-0.39, 0.29) is 17.6 Å². The van der Waals surface area contributed by atoms with Gasteiger partial charge in [-0.05, 0) is 73.7 Å². The lowest BCUT2D eigenvalue weighted by Crippen LogP contribution is -2.33. The summed E-state index contributed by atoms with van der Waals surface area (Å²) in [6.07, 6.45) is 7.01. The van der Waals surface area contributed by atoms with E-state index in [0.717, 1.165) is 25.8 Å². The van der Waals surface area contributed by atoms with Gasteiger partial charge in [0.2, 0.25) is 0 Å². The van der Waals surface area contributed by atoms with Crippen molar-refractivity contribution in [2.75, 3.05) is 6.54 Å². The van der Waals surface area contributed by atoms with Crippen molar-refractivity contribution in [3.63, 3.8) is 0 Å². The Morgan fingerprint density at radius 2 is 1.95 bits per heavy atom. The van der Waals surface area contributed by atoms with Crippen LogP contribution < -0.4 is 5.32 Å². The molecule has 1 aromatic rings. The fourth-order valence-electron chi connectivity index (χ4n) is 3.72. The molecule has 0 bridgehead atoms. The molecule has 0 radical (unpaired) electrons. The van der Waals surface area contributed by atoms with Crippen molar-refractivity contribution in [2.45, 2.75) is 57.4 Å². The molecule has 3 rings (SSSR count). The Bertz CT molecular complexity index is 484. The molecule has 3 atom stereocenters. The smallest absolute Gasteiger partial charge is 0.126 e. The predicted octanol–water partition coefficient (Wildman–Crippen LogP) is 4.63. The lowest BCUT2D eigenvalue weighted by atomic mass is 9.70. The Hall–Kier alpha value is -0.960. The monoisotopic (exact) mass is 293 g/mol. The van der Waals surface area contributed by atoms with Gasteiger partial charge in [0.25, 0.3) is 0 Å². The van der Waals surface area contributed by atoms with Crippen LogP contribution >= 0.6 is 0 Å². The van der Waals surface area contributed by atoms with E-state index < -0.39 is 0 Å². The largest absolute Gasteiger partial charge is 0.314 e. The van der Waals surface area contributed by atoms with E-state index >= 15 is 0 Å². The Morgan fingerprint density at radius 1 is 1.14 bits per heavy atom. The van der Waals surface area contributed by atoms with Crippen LogP contribution in [0.3, 0.4) is 0 Å². The first-order chi connectivity index (χ1) is 10.2. The van der Waals surface area contributed by atoms with Gasteiger partial charge in [-0.3, -0.25) is 0 Å². The van der Waals surface area contributed by atoms with Gasteiger partial charge >= 0.3 is 0 Å². The van der Waals surface area contributed by atoms with Crippen LogP contribution in [0.15, 0.2) is 18.2 Å². The van der Waals surface area contributed by atoms with Crippen molar-refractivity contribution < 1.29 is 8.78 Å². The van der Waals surface area contributed by atoms with E-state index in [4.69, 9.17) is 0 Å². The first-order valence-corrected chi connectivity index (χ1v) is 8.35. The van der Waals surface area contributed by atoms with E-state index in [2.05, 4.69) is 12.2 Å². The Balaban J connectivity index is 1.78. The number of hydrogen-bond acceptors (Lipinski definition) is 1. The van der Waals surface area contributed by atoms with Crippen molar-refractivity contribution in [3.05, 3.63) is 35.4 Å². The SMILES string of the molecule is CCC1CCC(CNC2CC2)C(c2cc(F)ccc2F)C1. The van der Waals surface area contributed by atoms with E-state index in [0.29, 0.717) is 23.4 Å². The van der Waals surface area contributed by atoms with Gasteiger partial charge in [0.15, 0.2) is 0 Å². The molecule has 116 valence electrons. The molecular formula is C18H25F2N. The zero-order valence-corrected chi connectivity index (χ0v) is 12.7. The van der Waals surface area contributed by atoms with Gasteiger partial charge in [-0.25, -0.2) is 8.78 Å². The number of benzene rings is 1. The van der Waals surface area contributed by atoms with E-state index in [1.165, 1.54) is 37.5 Å². The molecule has 3 heteroatoms. The highest BCUT2D eigenvalue weighted by Crippen LogP contribution is 2.42. The molecule has 0 spiro atoms. The van der Waals surface area contributed by atoms with Crippen LogP contribution in [-0.4, -0.2) is 12.6 Å². The van der Waals surface area contributed by atoms with Gasteiger partial charge < -0.3 is 5.32 Å². The summed E-state index contributed by atoms with van der Waals surface area (Å²) in [4.78, 5) is 0. The minimum absolute atomic E-state index is 0.158. The van der Waals surface area contributed by atoms with E-state index in [1.807, 2.05) is 0 Å². The van der Waals surface area contributed by atoms with Gasteiger partial charge in [-0.15, -0.1) is 0 Å². The second kappa shape index (κ2) is 6.43. The predicted molar refractivity (Wildman–Crippen MR) is 81.2 cm³/mol. The molecule has 0 saturated heterocycles. The van der Waals surface area contributed by atoms with Gasteiger partial charge in [0.1, 0.15) is 11.6 Å². The standard InChI is InChI=1S/C18H25F2N/c1-2-12-3-4-13(11-21-15-6-7-15)16(9-12)17-10-14(19)5-8-18(17)20/h5,8,10,12-13,15-16,21H,2-4,6-7,9,11H2,1H3. The fraction of sp³-hybridized carbons (Fsp3) is 0.667. The third-order valence-corrected chi connectivity index (χ3v) is 5.28. The van der Waals surface area contributed by atoms with Crippen LogP contribution in [0.4, 0.5) is 8.78 Å². The number of nitrogens with one attached hydrogen (secondary N) is 1. The van der Waals surface area contributed by atoms with Crippen molar-refractivity contribution in [1.29, 1.82) is 0 Å². The zero-order chi connectivity index (χ0) is 14.8. The van der Waals surface area contributed by atoms with Crippen molar-refractivity contribution in [1.82, 2.24) is 5.32 Å². The molecule has 3 unspecified atom stereocenters. The van der Waals surface area contributed by atoms with Crippen molar-refractivity contribution >= 4 is 0 Å². The first-order valence-electron chi connectivity index (χ1n) is 8.35. The number of halogens is 2. The lowest BCUT2D eigenvalue weighted by Gasteiger charge is -2.36. The summed E-state index contributed by atoms with van der Waals surface area (Å²) in [6, 6.07) is 4.59. The van der Waals surface area contributed by atoms with Crippen LogP contribution in [0.2, 0.25) is 0 Å². The third-order valence-electron chi connectivity index (χ3n) is 5.28. The molecule has 2 saturated carbocycles. The zero-order valence-electron chi connectivity index (χ0n) is 12.7. The van der Waals surface area contributed by atoms with Gasteiger partial charge in [0, 0.05) is 6.04 Å². The van der Waals surface area contributed by atoms with Crippen LogP contribution in [-0.2, 0) is 0 Å². The van der Waals surface area contributed by atoms with E-state index in [9.17, 15) is 8.78 Å². The molecule has 2 aliphatic carbocycles. The normalized spacial score (nSPS) is 29.6. The Morgan fingerprint density at radius 3 is 2.67 bits per heavy atom. The lowest BCUT2D eigenvalue weighted by molar-refractivity contribution is 0.221. The highest BCUT2D eigenvalue weighted by atomic mass is 19.1. The second-order valence-electron chi connectivity index (χ2n) is 6.80. The quantitative estimate of drug-likeness (QED) is 0.835. The average molecular weight is 293 g/mol. The molecule has 1 nitrogen and oxygen atoms in total. The summed E-state index contributed by atoms with van der Waals surface area (Å²) < 4.78 is 27.7. The number of hydrogen-bond donors (Lipinski definition) is 1. The van der Waals surface area contributed by atoms with Gasteiger partial charge in [-0.1, -0.05) is 19.8 Å². The summed E-state index contributed by atoms with van der Waals surface area (Å²) in [5.41, 5.74) is 0.593. The second-order valence-corrected chi connectivity index (χ2v) is 6.80. The summed E-state index contributed by atoms with van der Waals surface area (Å²) >= 11 is 0. The minimum atomic E-state index is -0.320. The van der Waals surface area contributed by atoms with Crippen LogP contribution in [0.25, 0.3) is 0 Å². The third kappa shape index (κ3) is 3.63. The summed E-state index contributed by atoms with van der Waals surface area (Å²) in [7, 11) is 0. The maximum Gasteiger partial charge on any atom is 0.126 e. The maximum absolute atomic E-state index is 14.2. The summed E-state index contributed by atoms with van der Waals surface area (Å²) in [6.45, 7) is 3.15. The molecule has 1 aromatic carbocycles. The van der Waals surface area contributed by atoms with E-state index in [1.54, 1.807) is 0 Å². The molecule has 2 fully saturated rings. The van der Waals surface area contributed by atoms with Crippen molar-refractivity contribution in [2.24, 2.45) is 11.8 Å². The number of rotatable bonds is 5. The minimum Gasteiger partial charge on any atom is -0.314 e. The van der Waals surface area contributed by atoms with Gasteiger partial charge in [0.05, 0.1) is 0 Å². The molecule has 21 heavy (non-hydrogen) atoms. The molecule has 1 N–H and O–H groups in total. The molecule has 0 heterocycles. The summed E-state index contributed by atoms with van der Waals surface area (Å²) in [5.74, 6) is 0.679. The van der Waals surface area contributed by atoms with Crippen LogP contribution in [0, 0.1) is 23.5 Å². The highest BCUT2D eigenvalue weighted by molar-refractivity contribution is 5.24. The molecule has 0 aromatic heterocycles. The molecule has 0 amide bonds. The molecule has 2 aliphatic rings. The fourth-order valence-corrected chi connectivity index (χ4v) is 3.72. The first kappa shape index (κ1) is 15.0. The Labute approximate surface area is 126 Å². The van der Waals surface area contributed by atoms with Crippen molar-refractivity contribution in [3.8, 4) is 0 Å². The molecular weight excluding hydrogens is 268 g/mol. The highest BCUT2D eigenvalue weighted by Gasteiger charge is 2.33.